The Balaban J connectivity index is 1.67. The molecule has 144 valence electrons. The van der Waals surface area contributed by atoms with Crippen LogP contribution in [0.4, 0.5) is 0 Å². The van der Waals surface area contributed by atoms with Crippen LogP contribution in [0.25, 0.3) is 0 Å². The molecule has 2 aliphatic rings. The molecule has 3 rings (SSSR count). The van der Waals surface area contributed by atoms with Crippen molar-refractivity contribution in [3.05, 3.63) is 48.0 Å². The van der Waals surface area contributed by atoms with Crippen LogP contribution in [-0.4, -0.2) is 29.9 Å². The summed E-state index contributed by atoms with van der Waals surface area (Å²) in [5.41, 5.74) is 0.491. The summed E-state index contributed by atoms with van der Waals surface area (Å²) >= 11 is 0. The molecule has 1 heterocycles. The molecule has 0 spiro atoms. The largest absolute Gasteiger partial charge is 0.462 e. The molecule has 1 saturated heterocycles. The summed E-state index contributed by atoms with van der Waals surface area (Å²) in [4.78, 5) is 36.2. The molecular formula is C22H26O5. The second-order valence-corrected chi connectivity index (χ2v) is 7.30. The highest BCUT2D eigenvalue weighted by atomic mass is 16.6. The Bertz CT molecular complexity index is 709. The number of rotatable bonds is 8. The summed E-state index contributed by atoms with van der Waals surface area (Å²) < 4.78 is 11.1. The molecule has 2 fully saturated rings. The number of allylic oxidation sites excluding steroid dienone is 1. The molecule has 0 N–H and O–H groups in total. The monoisotopic (exact) mass is 370 g/mol. The Morgan fingerprint density at radius 1 is 1.22 bits per heavy atom. The van der Waals surface area contributed by atoms with Gasteiger partial charge in [0, 0.05) is 24.7 Å². The van der Waals surface area contributed by atoms with Crippen LogP contribution in [0.5, 0.6) is 0 Å². The van der Waals surface area contributed by atoms with Crippen LogP contribution >= 0.6 is 0 Å². The fourth-order valence-electron chi connectivity index (χ4n) is 3.92. The summed E-state index contributed by atoms with van der Waals surface area (Å²) in [7, 11) is 0. The lowest BCUT2D eigenvalue weighted by molar-refractivity contribution is -0.141. The minimum atomic E-state index is -0.389. The first-order valence-electron chi connectivity index (χ1n) is 9.75. The third-order valence-corrected chi connectivity index (χ3v) is 5.35. The Labute approximate surface area is 159 Å². The molecule has 1 saturated carbocycles. The Kier molecular flexibility index (Phi) is 6.43. The van der Waals surface area contributed by atoms with Gasteiger partial charge >= 0.3 is 11.9 Å². The third kappa shape index (κ3) is 4.85. The molecule has 0 amide bonds. The smallest absolute Gasteiger partial charge is 0.338 e. The lowest BCUT2D eigenvalue weighted by Gasteiger charge is -2.20. The van der Waals surface area contributed by atoms with Gasteiger partial charge in [0.25, 0.3) is 0 Å². The van der Waals surface area contributed by atoms with E-state index < -0.39 is 0 Å². The fourth-order valence-corrected chi connectivity index (χ4v) is 3.92. The van der Waals surface area contributed by atoms with Gasteiger partial charge in [-0.3, -0.25) is 9.59 Å². The molecule has 1 aliphatic heterocycles. The molecule has 2 unspecified atom stereocenters. The van der Waals surface area contributed by atoms with Crippen LogP contribution in [0.1, 0.15) is 55.8 Å². The van der Waals surface area contributed by atoms with Crippen LogP contribution in [0.3, 0.4) is 0 Å². The van der Waals surface area contributed by atoms with E-state index in [2.05, 4.69) is 6.92 Å². The Hall–Kier alpha value is -2.43. The lowest BCUT2D eigenvalue weighted by atomic mass is 9.91. The van der Waals surface area contributed by atoms with E-state index in [-0.39, 0.29) is 41.8 Å². The number of ether oxygens (including phenoxy) is 2. The van der Waals surface area contributed by atoms with Crippen molar-refractivity contribution in [2.75, 3.05) is 0 Å². The van der Waals surface area contributed by atoms with Gasteiger partial charge in [-0.15, -0.1) is 0 Å². The molecule has 27 heavy (non-hydrogen) atoms. The maximum atomic E-state index is 12.4. The molecule has 4 atom stereocenters. The van der Waals surface area contributed by atoms with Gasteiger partial charge in [0.15, 0.2) is 5.78 Å². The highest BCUT2D eigenvalue weighted by Crippen LogP contribution is 2.43. The highest BCUT2D eigenvalue weighted by molar-refractivity contribution is 5.90. The summed E-state index contributed by atoms with van der Waals surface area (Å²) in [5.74, 6) is -0.745. The summed E-state index contributed by atoms with van der Waals surface area (Å²) in [6.07, 6.45) is 7.08. The van der Waals surface area contributed by atoms with Gasteiger partial charge in [0.2, 0.25) is 0 Å². The maximum Gasteiger partial charge on any atom is 0.338 e. The van der Waals surface area contributed by atoms with E-state index in [1.54, 1.807) is 30.3 Å². The van der Waals surface area contributed by atoms with Gasteiger partial charge in [-0.05, 0) is 24.6 Å². The van der Waals surface area contributed by atoms with Gasteiger partial charge in [-0.2, -0.15) is 0 Å². The van der Waals surface area contributed by atoms with Crippen LogP contribution in [-0.2, 0) is 19.1 Å². The normalized spacial score (nSPS) is 26.8. The maximum absolute atomic E-state index is 12.4. The van der Waals surface area contributed by atoms with Crippen LogP contribution in [0, 0.1) is 11.8 Å². The van der Waals surface area contributed by atoms with Crippen LogP contribution in [0.15, 0.2) is 42.5 Å². The first-order chi connectivity index (χ1) is 13.1. The van der Waals surface area contributed by atoms with Crippen molar-refractivity contribution in [3.8, 4) is 0 Å². The quantitative estimate of drug-likeness (QED) is 0.395. The van der Waals surface area contributed by atoms with Crippen molar-refractivity contribution < 1.29 is 23.9 Å². The predicted molar refractivity (Wildman–Crippen MR) is 100 cm³/mol. The van der Waals surface area contributed by atoms with Crippen molar-refractivity contribution in [1.82, 2.24) is 0 Å². The minimum Gasteiger partial charge on any atom is -0.462 e. The van der Waals surface area contributed by atoms with E-state index in [0.29, 0.717) is 24.8 Å². The number of benzene rings is 1. The molecular weight excluding hydrogens is 344 g/mol. The minimum absolute atomic E-state index is 0.0363. The molecule has 0 aromatic heterocycles. The zero-order valence-corrected chi connectivity index (χ0v) is 15.6. The van der Waals surface area contributed by atoms with Crippen LogP contribution < -0.4 is 0 Å². The zero-order chi connectivity index (χ0) is 19.2. The zero-order valence-electron chi connectivity index (χ0n) is 15.6. The number of hydrogen-bond donors (Lipinski definition) is 0. The predicted octanol–water partition coefficient (Wildman–Crippen LogP) is 3.87. The number of esters is 2. The molecule has 5 nitrogen and oxygen atoms in total. The SMILES string of the molecule is CCCCCC(=O)/C=C/[C@H]1C(OC(=O)c2ccccc2)C[C@@H]2OC(=O)CC12. The Morgan fingerprint density at radius 3 is 2.74 bits per heavy atom. The van der Waals surface area contributed by atoms with Gasteiger partial charge in [0.1, 0.15) is 12.2 Å². The van der Waals surface area contributed by atoms with Crippen molar-refractivity contribution in [3.63, 3.8) is 0 Å². The molecule has 0 bridgehead atoms. The number of unbranched alkanes of at least 4 members (excludes halogenated alkanes) is 2. The van der Waals surface area contributed by atoms with E-state index in [0.717, 1.165) is 19.3 Å². The van der Waals surface area contributed by atoms with E-state index in [1.165, 1.54) is 0 Å². The Morgan fingerprint density at radius 2 is 2.00 bits per heavy atom. The number of carbonyl (C=O) groups excluding carboxylic acids is 3. The van der Waals surface area contributed by atoms with Gasteiger partial charge < -0.3 is 9.47 Å². The molecule has 1 aromatic rings. The number of ketones is 1. The van der Waals surface area contributed by atoms with E-state index in [1.807, 2.05) is 12.1 Å². The number of hydrogen-bond acceptors (Lipinski definition) is 5. The average Bonchev–Trinajstić information content (AvgIpc) is 3.16. The molecule has 1 aromatic carbocycles. The van der Waals surface area contributed by atoms with Gasteiger partial charge in [-0.25, -0.2) is 4.79 Å². The third-order valence-electron chi connectivity index (χ3n) is 5.35. The molecule has 1 aliphatic carbocycles. The average molecular weight is 370 g/mol. The van der Waals surface area contributed by atoms with Gasteiger partial charge in [-0.1, -0.05) is 44.0 Å². The van der Waals surface area contributed by atoms with Crippen LogP contribution in [0.2, 0.25) is 0 Å². The van der Waals surface area contributed by atoms with Crippen molar-refractivity contribution >= 4 is 17.7 Å². The standard InChI is InChI=1S/C22H26O5/c1-2-3-5-10-16(23)11-12-17-18-13-21(24)26-20(18)14-19(17)27-22(25)15-8-6-4-7-9-15/h4,6-9,11-12,17-20H,2-3,5,10,13-14H2,1H3/b12-11+/t17-,18?,19?,20+/m1/s1. The van der Waals surface area contributed by atoms with Crippen molar-refractivity contribution in [2.24, 2.45) is 11.8 Å². The molecule has 0 radical (unpaired) electrons. The number of fused-ring (bicyclic) bond motifs is 1. The van der Waals surface area contributed by atoms with E-state index in [4.69, 9.17) is 9.47 Å². The first kappa shape index (κ1) is 19.3. The van der Waals surface area contributed by atoms with E-state index in [9.17, 15) is 14.4 Å². The van der Waals surface area contributed by atoms with Gasteiger partial charge in [0.05, 0.1) is 12.0 Å². The molecule has 5 heteroatoms. The summed E-state index contributed by atoms with van der Waals surface area (Å²) in [6, 6.07) is 8.83. The summed E-state index contributed by atoms with van der Waals surface area (Å²) in [5, 5.41) is 0. The fraction of sp³-hybridized carbons (Fsp3) is 0.500. The van der Waals surface area contributed by atoms with Crippen molar-refractivity contribution in [1.29, 1.82) is 0 Å². The lowest BCUT2D eigenvalue weighted by Crippen LogP contribution is -2.24. The van der Waals surface area contributed by atoms with E-state index >= 15 is 0 Å². The second kappa shape index (κ2) is 8.98. The topological polar surface area (TPSA) is 69.7 Å². The first-order valence-corrected chi connectivity index (χ1v) is 9.75. The number of carbonyl (C=O) groups is 3. The summed E-state index contributed by atoms with van der Waals surface area (Å²) in [6.45, 7) is 2.10. The highest BCUT2D eigenvalue weighted by Gasteiger charge is 2.50. The second-order valence-electron chi connectivity index (χ2n) is 7.30. The van der Waals surface area contributed by atoms with Crippen molar-refractivity contribution in [2.45, 2.75) is 57.7 Å².